The van der Waals surface area contributed by atoms with Gasteiger partial charge in [0.05, 0.1) is 30.1 Å². The van der Waals surface area contributed by atoms with Crippen LogP contribution in [0.2, 0.25) is 0 Å². The predicted molar refractivity (Wildman–Crippen MR) is 114 cm³/mol. The lowest BCUT2D eigenvalue weighted by Crippen LogP contribution is -2.43. The second-order valence-corrected chi connectivity index (χ2v) is 8.69. The van der Waals surface area contributed by atoms with E-state index in [9.17, 15) is 14.5 Å². The van der Waals surface area contributed by atoms with Crippen LogP contribution in [0, 0.1) is 5.92 Å². The number of aliphatic hydroxyl groups is 1. The lowest BCUT2D eigenvalue weighted by molar-refractivity contribution is 0.112. The lowest BCUT2D eigenvalue weighted by Gasteiger charge is -2.29. The van der Waals surface area contributed by atoms with Gasteiger partial charge in [-0.05, 0) is 47.7 Å². The molecular formula is C21H26N4O3S. The minimum atomic E-state index is -1.52. The molecule has 0 aliphatic heterocycles. The van der Waals surface area contributed by atoms with E-state index in [-0.39, 0.29) is 12.5 Å². The first-order valence-electron chi connectivity index (χ1n) is 9.42. The summed E-state index contributed by atoms with van der Waals surface area (Å²) in [5.41, 5.74) is 10.4. The van der Waals surface area contributed by atoms with Gasteiger partial charge in [0.2, 0.25) is 0 Å². The number of hydrogen-bond donors (Lipinski definition) is 1. The molecule has 0 aliphatic carbocycles. The Balaban J connectivity index is 2.17. The van der Waals surface area contributed by atoms with Gasteiger partial charge in [0, 0.05) is 17.0 Å². The molecule has 0 heterocycles. The highest BCUT2D eigenvalue weighted by Gasteiger charge is 2.29. The monoisotopic (exact) mass is 414 g/mol. The number of nitrogens with zero attached hydrogens (tertiary/aromatic N) is 4. The van der Waals surface area contributed by atoms with Crippen LogP contribution in [0.1, 0.15) is 29.8 Å². The lowest BCUT2D eigenvalue weighted by atomic mass is 10.0. The number of benzene rings is 2. The summed E-state index contributed by atoms with van der Waals surface area (Å²) in [5.74, 6) is 0.215. The highest BCUT2D eigenvalue weighted by molar-refractivity contribution is 7.89. The fourth-order valence-electron chi connectivity index (χ4n) is 2.94. The van der Waals surface area contributed by atoms with Gasteiger partial charge < -0.3 is 9.66 Å². The molecule has 1 N–H and O–H groups in total. The van der Waals surface area contributed by atoms with Crippen LogP contribution in [0.25, 0.3) is 10.4 Å². The van der Waals surface area contributed by atoms with Gasteiger partial charge in [-0.3, -0.25) is 4.79 Å². The maximum Gasteiger partial charge on any atom is 0.174 e. The SMILES string of the molecule is CC(C)CN(C[C@@H](O)[C@H](Cc1ccccc1)N=[N+]=[N-])[S+]([O-])c1ccc(C=O)cc1. The minimum absolute atomic E-state index is 0.0940. The summed E-state index contributed by atoms with van der Waals surface area (Å²) in [6, 6.07) is 15.3. The number of carbonyl (C=O) groups is 1. The number of aldehydes is 1. The highest BCUT2D eigenvalue weighted by Crippen LogP contribution is 2.20. The molecule has 0 aliphatic rings. The molecule has 2 rings (SSSR count). The van der Waals surface area contributed by atoms with E-state index in [0.29, 0.717) is 23.4 Å². The van der Waals surface area contributed by atoms with Crippen LogP contribution in [0.5, 0.6) is 0 Å². The van der Waals surface area contributed by atoms with E-state index >= 15 is 0 Å². The van der Waals surface area contributed by atoms with Crippen molar-refractivity contribution in [2.45, 2.75) is 37.3 Å². The molecule has 0 radical (unpaired) electrons. The molecule has 0 saturated heterocycles. The number of hydrogen-bond acceptors (Lipinski definition) is 5. The molecule has 0 spiro atoms. The van der Waals surface area contributed by atoms with Crippen molar-refractivity contribution in [2.75, 3.05) is 13.1 Å². The van der Waals surface area contributed by atoms with E-state index in [4.69, 9.17) is 5.53 Å². The van der Waals surface area contributed by atoms with Crippen LogP contribution in [-0.2, 0) is 17.8 Å². The van der Waals surface area contributed by atoms with Gasteiger partial charge in [-0.2, -0.15) is 0 Å². The summed E-state index contributed by atoms with van der Waals surface area (Å²) < 4.78 is 14.8. The van der Waals surface area contributed by atoms with E-state index in [1.807, 2.05) is 44.2 Å². The number of azide groups is 1. The molecule has 0 bridgehead atoms. The molecule has 2 aromatic carbocycles. The standard InChI is InChI=1S/C21H26N4O3S/c1-16(2)13-25(29(28)19-10-8-18(15-26)9-11-19)14-21(27)20(23-24-22)12-17-6-4-3-5-7-17/h3-11,15-16,20-21,27H,12-14H2,1-2H3/t20-,21+,29?/m0/s1. The van der Waals surface area contributed by atoms with Crippen molar-refractivity contribution in [1.82, 2.24) is 4.31 Å². The van der Waals surface area contributed by atoms with Crippen molar-refractivity contribution in [3.63, 3.8) is 0 Å². The fraction of sp³-hybridized carbons (Fsp3) is 0.381. The van der Waals surface area contributed by atoms with Gasteiger partial charge in [0.25, 0.3) is 0 Å². The molecule has 7 nitrogen and oxygen atoms in total. The van der Waals surface area contributed by atoms with Gasteiger partial charge in [0.1, 0.15) is 6.29 Å². The molecule has 0 amide bonds. The topological polar surface area (TPSA) is 112 Å². The zero-order valence-corrected chi connectivity index (χ0v) is 17.4. The fourth-order valence-corrected chi connectivity index (χ4v) is 4.32. The van der Waals surface area contributed by atoms with Gasteiger partial charge in [-0.1, -0.05) is 49.3 Å². The average molecular weight is 415 g/mol. The normalized spacial score (nSPS) is 14.3. The Morgan fingerprint density at radius 1 is 1.17 bits per heavy atom. The maximum atomic E-state index is 13.1. The van der Waals surface area contributed by atoms with Crippen molar-refractivity contribution in [3.8, 4) is 0 Å². The van der Waals surface area contributed by atoms with E-state index in [2.05, 4.69) is 10.0 Å². The smallest absolute Gasteiger partial charge is 0.174 e. The summed E-state index contributed by atoms with van der Waals surface area (Å²) in [5, 5.41) is 14.5. The molecule has 0 fully saturated rings. The third kappa shape index (κ3) is 7.20. The van der Waals surface area contributed by atoms with Crippen LogP contribution in [0.15, 0.2) is 64.6 Å². The molecule has 8 heteroatoms. The largest absolute Gasteiger partial charge is 0.593 e. The zero-order valence-electron chi connectivity index (χ0n) is 16.6. The Kier molecular flexibility index (Phi) is 9.18. The molecule has 3 atom stereocenters. The molecule has 0 saturated carbocycles. The molecule has 29 heavy (non-hydrogen) atoms. The Labute approximate surface area is 174 Å². The van der Waals surface area contributed by atoms with E-state index in [0.717, 1.165) is 11.8 Å². The predicted octanol–water partition coefficient (Wildman–Crippen LogP) is 3.76. The Hall–Kier alpha value is -2.35. The second kappa shape index (κ2) is 11.6. The summed E-state index contributed by atoms with van der Waals surface area (Å²) in [7, 11) is 0. The molecular weight excluding hydrogens is 388 g/mol. The van der Waals surface area contributed by atoms with E-state index in [1.165, 1.54) is 0 Å². The van der Waals surface area contributed by atoms with Gasteiger partial charge in [-0.25, -0.2) is 0 Å². The van der Waals surface area contributed by atoms with Crippen LogP contribution >= 0.6 is 0 Å². The first kappa shape index (κ1) is 22.9. The first-order valence-corrected chi connectivity index (χ1v) is 10.5. The summed E-state index contributed by atoms with van der Waals surface area (Å²) in [6.45, 7) is 4.59. The van der Waals surface area contributed by atoms with Crippen molar-refractivity contribution >= 4 is 17.6 Å². The molecule has 154 valence electrons. The first-order chi connectivity index (χ1) is 13.9. The van der Waals surface area contributed by atoms with Crippen LogP contribution in [-0.4, -0.2) is 45.5 Å². The minimum Gasteiger partial charge on any atom is -0.593 e. The second-order valence-electron chi connectivity index (χ2n) is 7.21. The third-order valence-electron chi connectivity index (χ3n) is 4.34. The van der Waals surface area contributed by atoms with E-state index < -0.39 is 23.5 Å². The Morgan fingerprint density at radius 2 is 1.83 bits per heavy atom. The number of aliphatic hydroxyl groups excluding tert-OH is 1. The van der Waals surface area contributed by atoms with Crippen molar-refractivity contribution in [3.05, 3.63) is 76.2 Å². The molecule has 1 unspecified atom stereocenters. The van der Waals surface area contributed by atoms with Crippen LogP contribution in [0.4, 0.5) is 0 Å². The van der Waals surface area contributed by atoms with E-state index in [1.54, 1.807) is 28.6 Å². The number of rotatable bonds is 11. The number of carbonyl (C=O) groups excluding carboxylic acids is 1. The van der Waals surface area contributed by atoms with Crippen molar-refractivity contribution in [1.29, 1.82) is 0 Å². The highest BCUT2D eigenvalue weighted by atomic mass is 32.2. The average Bonchev–Trinajstić information content (AvgIpc) is 2.73. The van der Waals surface area contributed by atoms with Gasteiger partial charge >= 0.3 is 0 Å². The Morgan fingerprint density at radius 3 is 2.38 bits per heavy atom. The molecule has 2 aromatic rings. The maximum absolute atomic E-state index is 13.1. The zero-order chi connectivity index (χ0) is 21.2. The van der Waals surface area contributed by atoms with Gasteiger partial charge in [0.15, 0.2) is 4.90 Å². The Bertz CT molecular complexity index is 810. The van der Waals surface area contributed by atoms with Crippen molar-refractivity contribution < 1.29 is 14.5 Å². The van der Waals surface area contributed by atoms with Crippen LogP contribution < -0.4 is 0 Å². The summed E-state index contributed by atoms with van der Waals surface area (Å²) >= 11 is -1.52. The van der Waals surface area contributed by atoms with Gasteiger partial charge in [-0.15, -0.1) is 4.31 Å². The molecule has 0 aromatic heterocycles. The summed E-state index contributed by atoms with van der Waals surface area (Å²) in [4.78, 5) is 14.3. The van der Waals surface area contributed by atoms with Crippen molar-refractivity contribution in [2.24, 2.45) is 11.0 Å². The quantitative estimate of drug-likeness (QED) is 0.198. The summed E-state index contributed by atoms with van der Waals surface area (Å²) in [6.07, 6.45) is 0.140. The third-order valence-corrected chi connectivity index (χ3v) is 5.79. The van der Waals surface area contributed by atoms with Crippen LogP contribution in [0.3, 0.4) is 0 Å².